The van der Waals surface area contributed by atoms with Crippen molar-refractivity contribution in [3.8, 4) is 16.9 Å². The minimum Gasteiger partial charge on any atom is -0.444 e. The zero-order valence-electron chi connectivity index (χ0n) is 21.1. The van der Waals surface area contributed by atoms with Gasteiger partial charge in [0, 0.05) is 40.3 Å². The lowest BCUT2D eigenvalue weighted by atomic mass is 10.0. The van der Waals surface area contributed by atoms with Crippen molar-refractivity contribution in [3.63, 3.8) is 0 Å². The average Bonchev–Trinajstić information content (AvgIpc) is 3.15. The summed E-state index contributed by atoms with van der Waals surface area (Å²) in [5, 5.41) is 9.23. The number of piperidine rings is 1. The summed E-state index contributed by atoms with van der Waals surface area (Å²) in [6.07, 6.45) is 1.13. The molecule has 0 spiro atoms. The van der Waals surface area contributed by atoms with Crippen molar-refractivity contribution in [1.82, 2.24) is 20.0 Å². The van der Waals surface area contributed by atoms with E-state index in [-0.39, 0.29) is 23.7 Å². The third kappa shape index (κ3) is 6.40. The molecule has 4 rings (SSSR count). The first kappa shape index (κ1) is 27.3. The van der Waals surface area contributed by atoms with Gasteiger partial charge in [0.25, 0.3) is 5.91 Å². The maximum Gasteiger partial charge on any atom is 0.410 e. The predicted molar refractivity (Wildman–Crippen MR) is 147 cm³/mol. The Hall–Kier alpha value is -2.74. The van der Waals surface area contributed by atoms with Gasteiger partial charge in [-0.3, -0.25) is 4.79 Å². The van der Waals surface area contributed by atoms with E-state index in [1.54, 1.807) is 39.9 Å². The number of rotatable bonds is 4. The van der Waals surface area contributed by atoms with Crippen molar-refractivity contribution in [2.45, 2.75) is 52.2 Å². The van der Waals surface area contributed by atoms with E-state index in [1.165, 1.54) is 0 Å². The molecule has 0 aliphatic carbocycles. The largest absolute Gasteiger partial charge is 0.444 e. The Morgan fingerprint density at radius 2 is 1.73 bits per heavy atom. The molecule has 196 valence electrons. The molecule has 2 aromatic carbocycles. The molecule has 1 aliphatic heterocycles. The van der Waals surface area contributed by atoms with E-state index in [4.69, 9.17) is 39.5 Å². The zero-order valence-corrected chi connectivity index (χ0v) is 23.4. The smallest absolute Gasteiger partial charge is 0.410 e. The van der Waals surface area contributed by atoms with Crippen LogP contribution in [0.25, 0.3) is 16.9 Å². The number of nitrogens with one attached hydrogen (secondary N) is 1. The highest BCUT2D eigenvalue weighted by molar-refractivity contribution is 6.35. The molecule has 0 saturated carbocycles. The summed E-state index contributed by atoms with van der Waals surface area (Å²) in [6.45, 7) is 8.30. The highest BCUT2D eigenvalue weighted by Gasteiger charge is 2.30. The second-order valence-electron chi connectivity index (χ2n) is 10.1. The van der Waals surface area contributed by atoms with Crippen LogP contribution in [-0.2, 0) is 4.74 Å². The Bertz CT molecular complexity index is 1320. The molecule has 3 aromatic rings. The number of carbonyl (C=O) groups excluding carboxylic acids is 2. The quantitative estimate of drug-likeness (QED) is 0.373. The van der Waals surface area contributed by atoms with Gasteiger partial charge in [-0.05, 0) is 70.9 Å². The number of likely N-dealkylation sites (tertiary alicyclic amines) is 1. The fourth-order valence-electron chi connectivity index (χ4n) is 4.33. The highest BCUT2D eigenvalue weighted by Crippen LogP contribution is 2.33. The second-order valence-corrected chi connectivity index (χ2v) is 11.4. The molecule has 0 radical (unpaired) electrons. The van der Waals surface area contributed by atoms with Crippen LogP contribution in [0.2, 0.25) is 15.1 Å². The summed E-state index contributed by atoms with van der Waals surface area (Å²) < 4.78 is 7.16. The summed E-state index contributed by atoms with van der Waals surface area (Å²) in [5.41, 5.74) is 2.50. The lowest BCUT2D eigenvalue weighted by molar-refractivity contribution is 0.0185. The zero-order chi connectivity index (χ0) is 26.9. The van der Waals surface area contributed by atoms with Gasteiger partial charge in [0.15, 0.2) is 5.69 Å². The standard InChI is InChI=1S/C27H29Cl3N4O3/c1-16-23(25(35)31-20-6-5-13-33(15-20)26(36)37-27(2,3)4)32-34(22-12-11-19(29)14-21(22)30)24(16)17-7-9-18(28)10-8-17/h7-12,14,20H,5-6,13,15H2,1-4H3,(H,31,35)/t20-/m0/s1. The van der Waals surface area contributed by atoms with Crippen LogP contribution in [-0.4, -0.2) is 51.4 Å². The Morgan fingerprint density at radius 3 is 2.38 bits per heavy atom. The summed E-state index contributed by atoms with van der Waals surface area (Å²) >= 11 is 18.7. The highest BCUT2D eigenvalue weighted by atomic mass is 35.5. The number of hydrogen-bond acceptors (Lipinski definition) is 4. The first-order valence-corrected chi connectivity index (χ1v) is 13.2. The minimum atomic E-state index is -0.585. The second kappa shape index (κ2) is 10.9. The molecule has 1 aliphatic rings. The molecule has 2 amide bonds. The summed E-state index contributed by atoms with van der Waals surface area (Å²) in [5.74, 6) is -0.326. The van der Waals surface area contributed by atoms with Crippen molar-refractivity contribution < 1.29 is 14.3 Å². The molecule has 0 unspecified atom stereocenters. The van der Waals surface area contributed by atoms with E-state index in [0.29, 0.717) is 45.1 Å². The molecule has 1 saturated heterocycles. The normalized spacial score (nSPS) is 16.0. The van der Waals surface area contributed by atoms with E-state index in [9.17, 15) is 9.59 Å². The number of hydrogen-bond donors (Lipinski definition) is 1. The topological polar surface area (TPSA) is 76.5 Å². The van der Waals surface area contributed by atoms with Gasteiger partial charge >= 0.3 is 6.09 Å². The maximum absolute atomic E-state index is 13.5. The molecular formula is C27H29Cl3N4O3. The fourth-order valence-corrected chi connectivity index (χ4v) is 4.94. The van der Waals surface area contributed by atoms with Gasteiger partial charge < -0.3 is 15.0 Å². The van der Waals surface area contributed by atoms with Gasteiger partial charge in [-0.2, -0.15) is 5.10 Å². The molecule has 1 fully saturated rings. The minimum absolute atomic E-state index is 0.226. The summed E-state index contributed by atoms with van der Waals surface area (Å²) in [4.78, 5) is 27.7. The lowest BCUT2D eigenvalue weighted by Gasteiger charge is -2.34. The van der Waals surface area contributed by atoms with Crippen molar-refractivity contribution in [2.75, 3.05) is 13.1 Å². The number of halogens is 3. The molecule has 37 heavy (non-hydrogen) atoms. The Labute approximate surface area is 231 Å². The molecule has 1 atom stereocenters. The third-order valence-corrected chi connectivity index (χ3v) is 6.79. The monoisotopic (exact) mass is 562 g/mol. The van der Waals surface area contributed by atoms with E-state index in [2.05, 4.69) is 10.4 Å². The maximum atomic E-state index is 13.5. The Balaban J connectivity index is 1.64. The van der Waals surface area contributed by atoms with Gasteiger partial charge in [-0.25, -0.2) is 9.48 Å². The van der Waals surface area contributed by atoms with Crippen molar-refractivity contribution in [3.05, 3.63) is 68.8 Å². The van der Waals surface area contributed by atoms with E-state index in [0.717, 1.165) is 18.4 Å². The van der Waals surface area contributed by atoms with Gasteiger partial charge in [0.2, 0.25) is 0 Å². The lowest BCUT2D eigenvalue weighted by Crippen LogP contribution is -2.50. The average molecular weight is 564 g/mol. The first-order chi connectivity index (χ1) is 17.4. The van der Waals surface area contributed by atoms with Crippen LogP contribution in [0.15, 0.2) is 42.5 Å². The van der Waals surface area contributed by atoms with Crippen LogP contribution in [0.5, 0.6) is 0 Å². The van der Waals surface area contributed by atoms with Gasteiger partial charge in [-0.1, -0.05) is 46.9 Å². The number of benzene rings is 2. The van der Waals surface area contributed by atoms with Crippen molar-refractivity contribution in [1.29, 1.82) is 0 Å². The Kier molecular flexibility index (Phi) is 8.07. The molecule has 2 heterocycles. The van der Waals surface area contributed by atoms with Gasteiger partial charge in [0.1, 0.15) is 5.60 Å². The SMILES string of the molecule is Cc1c(C(=O)N[C@H]2CCCN(C(=O)OC(C)(C)C)C2)nn(-c2ccc(Cl)cc2Cl)c1-c1ccc(Cl)cc1. The van der Waals surface area contributed by atoms with Crippen LogP contribution in [0.3, 0.4) is 0 Å². The molecule has 1 aromatic heterocycles. The number of amides is 2. The molecule has 1 N–H and O–H groups in total. The number of nitrogens with zero attached hydrogens (tertiary/aromatic N) is 3. The number of aromatic nitrogens is 2. The summed E-state index contributed by atoms with van der Waals surface area (Å²) in [7, 11) is 0. The van der Waals surface area contributed by atoms with E-state index >= 15 is 0 Å². The number of carbonyl (C=O) groups is 2. The van der Waals surface area contributed by atoms with Crippen molar-refractivity contribution in [2.24, 2.45) is 0 Å². The molecule has 0 bridgehead atoms. The van der Waals surface area contributed by atoms with E-state index in [1.807, 2.05) is 39.8 Å². The summed E-state index contributed by atoms with van der Waals surface area (Å²) in [6, 6.07) is 12.2. The molecule has 10 heteroatoms. The Morgan fingerprint density at radius 1 is 1.05 bits per heavy atom. The van der Waals surface area contributed by atoms with Crippen LogP contribution >= 0.6 is 34.8 Å². The number of ether oxygens (including phenoxy) is 1. The fraction of sp³-hybridized carbons (Fsp3) is 0.370. The third-order valence-electron chi connectivity index (χ3n) is 6.00. The van der Waals surface area contributed by atoms with Crippen LogP contribution in [0.4, 0.5) is 4.79 Å². The van der Waals surface area contributed by atoms with Gasteiger partial charge in [-0.15, -0.1) is 0 Å². The van der Waals surface area contributed by atoms with Crippen LogP contribution in [0.1, 0.15) is 49.7 Å². The van der Waals surface area contributed by atoms with Crippen LogP contribution in [0, 0.1) is 6.92 Å². The predicted octanol–water partition coefficient (Wildman–Crippen LogP) is 6.94. The van der Waals surface area contributed by atoms with E-state index < -0.39 is 5.60 Å². The molecular weight excluding hydrogens is 535 g/mol. The molecule has 7 nitrogen and oxygen atoms in total. The van der Waals surface area contributed by atoms with Crippen molar-refractivity contribution >= 4 is 46.8 Å². The first-order valence-electron chi connectivity index (χ1n) is 12.0. The van der Waals surface area contributed by atoms with Gasteiger partial charge in [0.05, 0.1) is 16.4 Å². The van der Waals surface area contributed by atoms with Crippen LogP contribution < -0.4 is 5.32 Å².